The summed E-state index contributed by atoms with van der Waals surface area (Å²) in [5.41, 5.74) is 1.57. The normalized spacial score (nSPS) is 15.5. The summed E-state index contributed by atoms with van der Waals surface area (Å²) in [5, 5.41) is 2.88. The van der Waals surface area contributed by atoms with Crippen molar-refractivity contribution >= 4 is 44.9 Å². The average molecular weight is 563 g/mol. The Kier molecular flexibility index (Phi) is 7.94. The minimum absolute atomic E-state index is 0.0695. The zero-order valence-electron chi connectivity index (χ0n) is 20.8. The Labute approximate surface area is 224 Å². The third-order valence-electron chi connectivity index (χ3n) is 5.94. The molecule has 4 rings (SSSR count). The van der Waals surface area contributed by atoms with E-state index >= 15 is 0 Å². The van der Waals surface area contributed by atoms with Crippen molar-refractivity contribution < 1.29 is 31.5 Å². The third kappa shape index (κ3) is 5.61. The number of rotatable bonds is 7. The lowest BCUT2D eigenvalue weighted by molar-refractivity contribution is -0.119. The molecule has 0 radical (unpaired) electrons. The molecule has 1 heterocycles. The molecular formula is C27H25ClF2N2O5S. The zero-order valence-corrected chi connectivity index (χ0v) is 22.4. The van der Waals surface area contributed by atoms with Crippen LogP contribution in [0.1, 0.15) is 25.0 Å². The number of fused-ring (bicyclic) bond motifs is 1. The molecule has 0 spiro atoms. The van der Waals surface area contributed by atoms with Crippen molar-refractivity contribution in [3.8, 4) is 11.5 Å². The first-order valence-electron chi connectivity index (χ1n) is 11.6. The number of ether oxygens (including phenoxy) is 2. The summed E-state index contributed by atoms with van der Waals surface area (Å²) in [7, 11) is -2.97. The van der Waals surface area contributed by atoms with Crippen LogP contribution in [-0.4, -0.2) is 40.6 Å². The molecule has 0 unspecified atom stereocenters. The lowest BCUT2D eigenvalue weighted by Gasteiger charge is -2.35. The van der Waals surface area contributed by atoms with E-state index in [0.29, 0.717) is 11.1 Å². The van der Waals surface area contributed by atoms with Crippen LogP contribution in [0.4, 0.5) is 14.5 Å². The second-order valence-corrected chi connectivity index (χ2v) is 10.9. The Balaban J connectivity index is 1.80. The van der Waals surface area contributed by atoms with Crippen LogP contribution in [0, 0.1) is 11.6 Å². The maximum absolute atomic E-state index is 14.4. The van der Waals surface area contributed by atoms with E-state index in [1.165, 1.54) is 26.2 Å². The van der Waals surface area contributed by atoms with Crippen molar-refractivity contribution in [2.75, 3.05) is 24.5 Å². The number of allylic oxidation sites excluding steroid dienone is 1. The summed E-state index contributed by atoms with van der Waals surface area (Å²) in [6, 6.07) is 12.6. The smallest absolute Gasteiger partial charge is 0.264 e. The summed E-state index contributed by atoms with van der Waals surface area (Å²) in [6.45, 7) is 2.99. The highest BCUT2D eigenvalue weighted by atomic mass is 35.5. The second-order valence-electron chi connectivity index (χ2n) is 8.66. The van der Waals surface area contributed by atoms with Gasteiger partial charge >= 0.3 is 0 Å². The van der Waals surface area contributed by atoms with Gasteiger partial charge < -0.3 is 14.8 Å². The van der Waals surface area contributed by atoms with Crippen molar-refractivity contribution in [1.29, 1.82) is 0 Å². The number of nitrogens with zero attached hydrogens (tertiary/aromatic N) is 1. The van der Waals surface area contributed by atoms with Gasteiger partial charge in [-0.25, -0.2) is 17.2 Å². The first-order chi connectivity index (χ1) is 18.0. The van der Waals surface area contributed by atoms with E-state index in [4.69, 9.17) is 21.1 Å². The molecule has 1 amide bonds. The fourth-order valence-electron chi connectivity index (χ4n) is 4.13. The molecule has 3 aromatic carbocycles. The molecule has 0 aromatic heterocycles. The maximum Gasteiger partial charge on any atom is 0.264 e. The van der Waals surface area contributed by atoms with Gasteiger partial charge in [0.2, 0.25) is 5.91 Å². The van der Waals surface area contributed by atoms with Gasteiger partial charge in [0.25, 0.3) is 10.0 Å². The number of benzene rings is 3. The molecule has 0 fully saturated rings. The minimum Gasteiger partial charge on any atom is -0.494 e. The van der Waals surface area contributed by atoms with Crippen LogP contribution in [-0.2, 0) is 14.8 Å². The summed E-state index contributed by atoms with van der Waals surface area (Å²) in [4.78, 5) is 11.3. The molecule has 38 heavy (non-hydrogen) atoms. The van der Waals surface area contributed by atoms with E-state index in [2.05, 4.69) is 5.32 Å². The predicted octanol–water partition coefficient (Wildman–Crippen LogP) is 5.28. The van der Waals surface area contributed by atoms with Crippen LogP contribution in [0.15, 0.2) is 59.5 Å². The van der Waals surface area contributed by atoms with Gasteiger partial charge in [-0.2, -0.15) is 0 Å². The number of methoxy groups -OCH3 is 1. The Morgan fingerprint density at radius 2 is 1.92 bits per heavy atom. The number of amides is 1. The molecule has 1 N–H and O–H groups in total. The monoisotopic (exact) mass is 562 g/mol. The number of carbonyl (C=O) groups is 1. The van der Waals surface area contributed by atoms with Gasteiger partial charge in [0.05, 0.1) is 35.8 Å². The molecular weight excluding hydrogens is 538 g/mol. The topological polar surface area (TPSA) is 84.9 Å². The zero-order chi connectivity index (χ0) is 27.6. The quantitative estimate of drug-likeness (QED) is 0.396. The minimum atomic E-state index is -4.21. The summed E-state index contributed by atoms with van der Waals surface area (Å²) >= 11 is 6.21. The first-order valence-corrected chi connectivity index (χ1v) is 13.4. The molecule has 0 saturated carbocycles. The standard InChI is InChI=1S/C27H25ClF2N2O5S/c1-16(27-21(28)5-4-6-23(27)30)11-18-7-10-25-24(12-18)32(15-19(37-25)14-31-17(2)33)38(34,35)20-8-9-22(29)26(13-20)36-3/h4-13,19H,14-15H2,1-3H3,(H,31,33)/b16-11+/t19-/m0/s1. The molecule has 0 saturated heterocycles. The van der Waals surface area contributed by atoms with Crippen LogP contribution >= 0.6 is 11.6 Å². The number of hydrogen-bond donors (Lipinski definition) is 1. The first kappa shape index (κ1) is 27.4. The SMILES string of the molecule is COc1cc(S(=O)(=O)N2C[C@H](CNC(C)=O)Oc3ccc(/C=C(\C)c4c(F)cccc4Cl)cc32)ccc1F. The molecule has 0 aliphatic carbocycles. The van der Waals surface area contributed by atoms with Crippen molar-refractivity contribution in [1.82, 2.24) is 5.32 Å². The van der Waals surface area contributed by atoms with Crippen LogP contribution in [0.2, 0.25) is 5.02 Å². The highest BCUT2D eigenvalue weighted by molar-refractivity contribution is 7.92. The van der Waals surface area contributed by atoms with E-state index in [9.17, 15) is 22.0 Å². The van der Waals surface area contributed by atoms with Crippen molar-refractivity contribution in [3.05, 3.63) is 82.4 Å². The molecule has 7 nitrogen and oxygen atoms in total. The molecule has 3 aromatic rings. The predicted molar refractivity (Wildman–Crippen MR) is 142 cm³/mol. The van der Waals surface area contributed by atoms with Gasteiger partial charge in [0, 0.05) is 18.6 Å². The number of anilines is 1. The highest BCUT2D eigenvalue weighted by Gasteiger charge is 2.35. The van der Waals surface area contributed by atoms with Gasteiger partial charge in [-0.3, -0.25) is 9.10 Å². The fourth-order valence-corrected chi connectivity index (χ4v) is 5.96. The number of carbonyl (C=O) groups excluding carboxylic acids is 1. The van der Waals surface area contributed by atoms with E-state index in [-0.39, 0.29) is 51.7 Å². The summed E-state index contributed by atoms with van der Waals surface area (Å²) in [6.07, 6.45) is 0.989. The third-order valence-corrected chi connectivity index (χ3v) is 8.03. The van der Waals surface area contributed by atoms with Crippen molar-refractivity contribution in [2.24, 2.45) is 0 Å². The lowest BCUT2D eigenvalue weighted by atomic mass is 10.0. The van der Waals surface area contributed by atoms with Crippen LogP contribution in [0.5, 0.6) is 11.5 Å². The molecule has 0 bridgehead atoms. The summed E-state index contributed by atoms with van der Waals surface area (Å²) < 4.78 is 68.1. The Bertz CT molecular complexity index is 1510. The largest absolute Gasteiger partial charge is 0.494 e. The fraction of sp³-hybridized carbons (Fsp3) is 0.222. The number of halogens is 3. The maximum atomic E-state index is 14.4. The number of nitrogens with one attached hydrogen (secondary N) is 1. The van der Waals surface area contributed by atoms with Gasteiger partial charge in [-0.15, -0.1) is 0 Å². The van der Waals surface area contributed by atoms with Gasteiger partial charge in [-0.05, 0) is 54.5 Å². The Morgan fingerprint density at radius 1 is 1.16 bits per heavy atom. The molecule has 200 valence electrons. The molecule has 1 atom stereocenters. The van der Waals surface area contributed by atoms with E-state index in [1.54, 1.807) is 37.3 Å². The average Bonchev–Trinajstić information content (AvgIpc) is 2.87. The van der Waals surface area contributed by atoms with Gasteiger partial charge in [0.1, 0.15) is 17.7 Å². The Morgan fingerprint density at radius 3 is 2.61 bits per heavy atom. The van der Waals surface area contributed by atoms with Crippen molar-refractivity contribution in [2.45, 2.75) is 24.8 Å². The summed E-state index contributed by atoms with van der Waals surface area (Å²) in [5.74, 6) is -1.43. The van der Waals surface area contributed by atoms with E-state index in [0.717, 1.165) is 22.5 Å². The number of sulfonamides is 1. The van der Waals surface area contributed by atoms with Crippen molar-refractivity contribution in [3.63, 3.8) is 0 Å². The van der Waals surface area contributed by atoms with E-state index < -0.39 is 27.8 Å². The lowest BCUT2D eigenvalue weighted by Crippen LogP contribution is -2.48. The number of hydrogen-bond acceptors (Lipinski definition) is 5. The van der Waals surface area contributed by atoms with Crippen LogP contribution in [0.3, 0.4) is 0 Å². The highest BCUT2D eigenvalue weighted by Crippen LogP contribution is 2.39. The van der Waals surface area contributed by atoms with Crippen LogP contribution in [0.25, 0.3) is 11.6 Å². The van der Waals surface area contributed by atoms with Crippen LogP contribution < -0.4 is 19.1 Å². The van der Waals surface area contributed by atoms with E-state index in [1.807, 2.05) is 0 Å². The second kappa shape index (κ2) is 11.0. The van der Waals surface area contributed by atoms with Gasteiger partial charge in [0.15, 0.2) is 11.6 Å². The Hall–Kier alpha value is -3.63. The molecule has 11 heteroatoms. The molecule has 1 aliphatic heterocycles. The van der Waals surface area contributed by atoms with Gasteiger partial charge in [-0.1, -0.05) is 29.8 Å². The molecule has 1 aliphatic rings.